The zero-order valence-electron chi connectivity index (χ0n) is 27.7. The number of fused-ring (bicyclic) bond motifs is 1. The molecule has 0 fully saturated rings. The van der Waals surface area contributed by atoms with Crippen molar-refractivity contribution >= 4 is 17.1 Å². The van der Waals surface area contributed by atoms with Crippen LogP contribution < -0.4 is 21.9 Å². The van der Waals surface area contributed by atoms with Crippen LogP contribution in [-0.2, 0) is 17.7 Å². The molecule has 1 aromatic carbocycles. The van der Waals surface area contributed by atoms with Gasteiger partial charge in [-0.25, -0.2) is 14.3 Å². The van der Waals surface area contributed by atoms with Crippen molar-refractivity contribution < 1.29 is 14.6 Å². The predicted molar refractivity (Wildman–Crippen MR) is 185 cm³/mol. The first-order chi connectivity index (χ1) is 23.4. The van der Waals surface area contributed by atoms with E-state index >= 15 is 0 Å². The van der Waals surface area contributed by atoms with Crippen molar-refractivity contribution in [2.24, 2.45) is 0 Å². The highest BCUT2D eigenvalue weighted by Gasteiger charge is 2.21. The number of aromatic amines is 1. The van der Waals surface area contributed by atoms with Gasteiger partial charge in [-0.2, -0.15) is 0 Å². The van der Waals surface area contributed by atoms with Gasteiger partial charge in [0.2, 0.25) is 0 Å². The van der Waals surface area contributed by atoms with Crippen molar-refractivity contribution in [3.05, 3.63) is 104 Å². The van der Waals surface area contributed by atoms with Crippen LogP contribution in [0.25, 0.3) is 5.52 Å². The summed E-state index contributed by atoms with van der Waals surface area (Å²) < 4.78 is 8.89. The van der Waals surface area contributed by atoms with Gasteiger partial charge in [-0.1, -0.05) is 62.1 Å². The van der Waals surface area contributed by atoms with E-state index in [4.69, 9.17) is 14.8 Å². The highest BCUT2D eigenvalue weighted by atomic mass is 16.5. The van der Waals surface area contributed by atoms with Crippen LogP contribution in [0.3, 0.4) is 0 Å². The number of anilines is 1. The van der Waals surface area contributed by atoms with E-state index in [2.05, 4.69) is 21.7 Å². The number of aliphatic hydroxyl groups excluding tert-OH is 1. The number of carbonyl (C=O) groups is 1. The molecule has 2 atom stereocenters. The van der Waals surface area contributed by atoms with Crippen LogP contribution in [0.2, 0.25) is 0 Å². The van der Waals surface area contributed by atoms with Gasteiger partial charge in [-0.15, -0.1) is 5.10 Å². The molecule has 0 amide bonds. The molecule has 3 aromatic heterocycles. The number of aliphatic hydroxyl groups is 1. The second kappa shape index (κ2) is 17.7. The van der Waals surface area contributed by atoms with Gasteiger partial charge in [0.15, 0.2) is 12.0 Å². The lowest BCUT2D eigenvalue weighted by atomic mass is 10.0. The summed E-state index contributed by atoms with van der Waals surface area (Å²) >= 11 is 0. The van der Waals surface area contributed by atoms with Gasteiger partial charge >= 0.3 is 5.69 Å². The molecule has 4 N–H and O–H groups in total. The number of hydrogen-bond acceptors (Lipinski definition) is 9. The summed E-state index contributed by atoms with van der Waals surface area (Å²) in [5.41, 5.74) is 2.30. The number of unbranched alkanes of at least 4 members (excludes halogenated alkanes) is 6. The van der Waals surface area contributed by atoms with Crippen LogP contribution >= 0.6 is 0 Å². The van der Waals surface area contributed by atoms with Crippen LogP contribution in [0.15, 0.2) is 70.4 Å². The van der Waals surface area contributed by atoms with Crippen LogP contribution in [0, 0.1) is 6.92 Å². The summed E-state index contributed by atoms with van der Waals surface area (Å²) in [6.45, 7) is 3.77. The number of aromatic nitrogens is 5. The molecule has 12 heteroatoms. The fourth-order valence-electron chi connectivity index (χ4n) is 5.90. The van der Waals surface area contributed by atoms with Gasteiger partial charge < -0.3 is 20.5 Å². The maximum absolute atomic E-state index is 12.3. The Labute approximate surface area is 280 Å². The molecule has 5 rings (SSSR count). The Kier molecular flexibility index (Phi) is 12.9. The van der Waals surface area contributed by atoms with E-state index < -0.39 is 23.6 Å². The average Bonchev–Trinajstić information content (AvgIpc) is 3.70. The fourth-order valence-corrected chi connectivity index (χ4v) is 5.90. The number of Topliss-reactive ketones (excluding diaryl/α,β-unsaturated/α-hetero) is 1. The maximum atomic E-state index is 12.3. The second-order valence-electron chi connectivity index (χ2n) is 12.3. The number of H-pyrrole nitrogens is 1. The Morgan fingerprint density at radius 2 is 1.73 bits per heavy atom. The van der Waals surface area contributed by atoms with Gasteiger partial charge in [-0.3, -0.25) is 19.1 Å². The summed E-state index contributed by atoms with van der Waals surface area (Å²) in [4.78, 5) is 44.0. The zero-order valence-corrected chi connectivity index (χ0v) is 27.7. The minimum Gasteiger partial charge on any atom is -0.393 e. The van der Waals surface area contributed by atoms with Gasteiger partial charge in [-0.05, 0) is 57.4 Å². The summed E-state index contributed by atoms with van der Waals surface area (Å²) in [5.74, 6) is 2.02. The third kappa shape index (κ3) is 9.59. The zero-order chi connectivity index (χ0) is 33.7. The number of nitrogens with zero attached hydrogens (tertiary/aromatic N) is 4. The molecular formula is C36H47N7O5. The van der Waals surface area contributed by atoms with E-state index in [1.165, 1.54) is 10.8 Å². The molecule has 2 unspecified atom stereocenters. The lowest BCUT2D eigenvalue weighted by molar-refractivity contribution is -0.0104. The standard InChI is InChI=1S/C36H47N7O5/c1-26-30-18-19-32(41-43(30)33(39-26)16-10-3-2-9-15-31(45)27-13-7-6-8-14-27)38-22-12-5-4-11-21-37-23-28-24-42(36(47)40-35(28)46)34-20-17-29(25-44)48-34/h6-8,13-14,17-20,24,29,34,37,44H,2-5,9-12,15-16,21-23,25H2,1H3,(H,38,41)(H,40,46,47). The van der Waals surface area contributed by atoms with E-state index in [1.54, 1.807) is 12.2 Å². The first kappa shape index (κ1) is 34.9. The third-order valence-corrected chi connectivity index (χ3v) is 8.60. The number of imidazole rings is 1. The number of ketones is 1. The molecule has 12 nitrogen and oxygen atoms in total. The highest BCUT2D eigenvalue weighted by molar-refractivity contribution is 5.95. The predicted octanol–water partition coefficient (Wildman–Crippen LogP) is 4.47. The van der Waals surface area contributed by atoms with Gasteiger partial charge in [0.05, 0.1) is 17.8 Å². The first-order valence-corrected chi connectivity index (χ1v) is 17.1. The van der Waals surface area contributed by atoms with Crippen molar-refractivity contribution in [1.29, 1.82) is 0 Å². The molecule has 4 aromatic rings. The minimum absolute atomic E-state index is 0.169. The Hall–Kier alpha value is -4.39. The largest absolute Gasteiger partial charge is 0.393 e. The number of aryl methyl sites for hydroxylation is 2. The summed E-state index contributed by atoms with van der Waals surface area (Å²) in [5, 5.41) is 20.8. The minimum atomic E-state index is -0.646. The summed E-state index contributed by atoms with van der Waals surface area (Å²) in [6, 6.07) is 13.6. The molecular weight excluding hydrogens is 610 g/mol. The smallest absolute Gasteiger partial charge is 0.330 e. The molecule has 0 radical (unpaired) electrons. The van der Waals surface area contributed by atoms with Crippen molar-refractivity contribution in [2.45, 2.75) is 90.0 Å². The molecule has 0 saturated carbocycles. The van der Waals surface area contributed by atoms with Gasteiger partial charge in [0.1, 0.15) is 17.7 Å². The number of rotatable bonds is 20. The van der Waals surface area contributed by atoms with E-state index in [0.717, 1.165) is 99.3 Å². The Morgan fingerprint density at radius 1 is 0.958 bits per heavy atom. The Bertz CT molecular complexity index is 1780. The maximum Gasteiger partial charge on any atom is 0.330 e. The molecule has 0 spiro atoms. The molecule has 0 saturated heterocycles. The van der Waals surface area contributed by atoms with Crippen LogP contribution in [0.1, 0.15) is 91.5 Å². The normalized spacial score (nSPS) is 15.8. The molecule has 0 aliphatic carbocycles. The van der Waals surface area contributed by atoms with Crippen molar-refractivity contribution in [3.8, 4) is 0 Å². The third-order valence-electron chi connectivity index (χ3n) is 8.60. The summed E-state index contributed by atoms with van der Waals surface area (Å²) in [7, 11) is 0. The van der Waals surface area contributed by atoms with E-state index in [0.29, 0.717) is 18.5 Å². The number of carbonyl (C=O) groups excluding carboxylic acids is 1. The molecule has 1 aliphatic heterocycles. The number of nitrogens with one attached hydrogen (secondary N) is 3. The highest BCUT2D eigenvalue weighted by Crippen LogP contribution is 2.19. The molecule has 48 heavy (non-hydrogen) atoms. The van der Waals surface area contributed by atoms with Gasteiger partial charge in [0, 0.05) is 43.3 Å². The van der Waals surface area contributed by atoms with Crippen molar-refractivity contribution in [3.63, 3.8) is 0 Å². The van der Waals surface area contributed by atoms with Crippen LogP contribution in [0.4, 0.5) is 5.82 Å². The van der Waals surface area contributed by atoms with Crippen molar-refractivity contribution in [1.82, 2.24) is 29.5 Å². The van der Waals surface area contributed by atoms with E-state index in [1.807, 2.05) is 47.8 Å². The topological polar surface area (TPSA) is 156 Å². The fraction of sp³-hybridized carbons (Fsp3) is 0.472. The van der Waals surface area contributed by atoms with Gasteiger partial charge in [0.25, 0.3) is 5.56 Å². The van der Waals surface area contributed by atoms with Crippen LogP contribution in [-0.4, -0.2) is 60.8 Å². The Morgan fingerprint density at radius 3 is 2.52 bits per heavy atom. The summed E-state index contributed by atoms with van der Waals surface area (Å²) in [6.07, 6.45) is 13.3. The monoisotopic (exact) mass is 657 g/mol. The molecule has 4 heterocycles. The Balaban J connectivity index is 0.963. The first-order valence-electron chi connectivity index (χ1n) is 17.1. The lowest BCUT2D eigenvalue weighted by Crippen LogP contribution is -2.35. The van der Waals surface area contributed by atoms with Crippen molar-refractivity contribution in [2.75, 3.05) is 25.0 Å². The number of ether oxygens (including phenoxy) is 1. The lowest BCUT2D eigenvalue weighted by Gasteiger charge is -2.15. The number of hydrogen-bond donors (Lipinski definition) is 4. The number of benzene rings is 1. The second-order valence-corrected chi connectivity index (χ2v) is 12.3. The molecule has 1 aliphatic rings. The van der Waals surface area contributed by atoms with E-state index in [9.17, 15) is 19.5 Å². The molecule has 0 bridgehead atoms. The SMILES string of the molecule is Cc1nc(CCCCCCC(=O)c2ccccc2)n2nc(NCCCCCCNCc3cn(C4C=CC(CO)O4)c(=O)[nH]c3=O)ccc12. The van der Waals surface area contributed by atoms with E-state index in [-0.39, 0.29) is 12.4 Å². The average molecular weight is 658 g/mol. The van der Waals surface area contributed by atoms with Crippen LogP contribution in [0.5, 0.6) is 0 Å². The quantitative estimate of drug-likeness (QED) is 0.0612. The molecule has 256 valence electrons.